The maximum absolute atomic E-state index is 12.9. The van der Waals surface area contributed by atoms with E-state index in [9.17, 15) is 9.59 Å². The molecule has 158 valence electrons. The Labute approximate surface area is 182 Å². The first kappa shape index (κ1) is 20.7. The van der Waals surface area contributed by atoms with Gasteiger partial charge in [0.05, 0.1) is 12.2 Å². The van der Waals surface area contributed by atoms with Crippen molar-refractivity contribution in [3.05, 3.63) is 96.1 Å². The zero-order chi connectivity index (χ0) is 21.6. The fourth-order valence-corrected chi connectivity index (χ4v) is 4.02. The molecule has 0 unspecified atom stereocenters. The fraction of sp³-hybridized carbons (Fsp3) is 0.231. The Balaban J connectivity index is 1.43. The Hall–Kier alpha value is -3.60. The first-order valence-electron chi connectivity index (χ1n) is 10.5. The number of carbonyl (C=O) groups excluding carboxylic acids is 2. The molecule has 5 nitrogen and oxygen atoms in total. The SMILES string of the molecule is CC(=O)N1C[C@@H](C(=O)NCCC(c2ccccc2)c2ccccc2)Oc2ccccc21. The molecule has 0 spiro atoms. The lowest BCUT2D eigenvalue weighted by Gasteiger charge is -2.33. The van der Waals surface area contributed by atoms with E-state index in [1.807, 2.05) is 54.6 Å². The van der Waals surface area contributed by atoms with Crippen molar-refractivity contribution in [2.45, 2.75) is 25.4 Å². The molecule has 0 fully saturated rings. The number of amides is 2. The second kappa shape index (κ2) is 9.47. The highest BCUT2D eigenvalue weighted by Gasteiger charge is 2.32. The summed E-state index contributed by atoms with van der Waals surface area (Å²) in [5, 5.41) is 3.01. The number of carbonyl (C=O) groups is 2. The van der Waals surface area contributed by atoms with E-state index in [-0.39, 0.29) is 24.3 Å². The second-order valence-electron chi connectivity index (χ2n) is 7.66. The van der Waals surface area contributed by atoms with E-state index < -0.39 is 6.10 Å². The van der Waals surface area contributed by atoms with Crippen LogP contribution in [0.2, 0.25) is 0 Å². The van der Waals surface area contributed by atoms with Gasteiger partial charge in [-0.05, 0) is 29.7 Å². The van der Waals surface area contributed by atoms with Gasteiger partial charge >= 0.3 is 0 Å². The van der Waals surface area contributed by atoms with Crippen LogP contribution in [0.25, 0.3) is 0 Å². The van der Waals surface area contributed by atoms with Crippen LogP contribution in [0.5, 0.6) is 5.75 Å². The molecule has 0 aromatic heterocycles. The third-order valence-electron chi connectivity index (χ3n) is 5.58. The van der Waals surface area contributed by atoms with E-state index in [1.54, 1.807) is 11.0 Å². The van der Waals surface area contributed by atoms with E-state index in [2.05, 4.69) is 29.6 Å². The number of hydrogen-bond acceptors (Lipinski definition) is 3. The number of ether oxygens (including phenoxy) is 1. The summed E-state index contributed by atoms with van der Waals surface area (Å²) in [6, 6.07) is 27.9. The zero-order valence-electron chi connectivity index (χ0n) is 17.5. The van der Waals surface area contributed by atoms with Crippen LogP contribution in [0, 0.1) is 0 Å². The van der Waals surface area contributed by atoms with Gasteiger partial charge in [0.15, 0.2) is 6.10 Å². The monoisotopic (exact) mass is 414 g/mol. The standard InChI is InChI=1S/C26H26N2O3/c1-19(29)28-18-25(31-24-15-9-8-14-23(24)28)26(30)27-17-16-22(20-10-4-2-5-11-20)21-12-6-3-7-13-21/h2-15,22,25H,16-18H2,1H3,(H,27,30)/t25-/m0/s1. The van der Waals surface area contributed by atoms with Crippen LogP contribution in [-0.4, -0.2) is 31.0 Å². The quantitative estimate of drug-likeness (QED) is 0.660. The van der Waals surface area contributed by atoms with Crippen molar-refractivity contribution in [3.8, 4) is 5.75 Å². The van der Waals surface area contributed by atoms with Crippen LogP contribution >= 0.6 is 0 Å². The minimum Gasteiger partial charge on any atom is -0.477 e. The molecule has 1 N–H and O–H groups in total. The van der Waals surface area contributed by atoms with Gasteiger partial charge in [0.1, 0.15) is 5.75 Å². The molecule has 3 aromatic carbocycles. The molecule has 0 saturated carbocycles. The van der Waals surface area contributed by atoms with E-state index in [4.69, 9.17) is 4.74 Å². The van der Waals surface area contributed by atoms with Crippen LogP contribution in [0.1, 0.15) is 30.4 Å². The van der Waals surface area contributed by atoms with Gasteiger partial charge in [0.2, 0.25) is 5.91 Å². The van der Waals surface area contributed by atoms with E-state index >= 15 is 0 Å². The Morgan fingerprint density at radius 3 is 2.13 bits per heavy atom. The summed E-state index contributed by atoms with van der Waals surface area (Å²) in [6.07, 6.45) is 0.0326. The van der Waals surface area contributed by atoms with Crippen molar-refractivity contribution < 1.29 is 14.3 Å². The Bertz CT molecular complexity index is 997. The maximum Gasteiger partial charge on any atom is 0.262 e. The molecule has 0 bridgehead atoms. The van der Waals surface area contributed by atoms with Gasteiger partial charge < -0.3 is 15.0 Å². The number of benzene rings is 3. The highest BCUT2D eigenvalue weighted by atomic mass is 16.5. The summed E-state index contributed by atoms with van der Waals surface area (Å²) in [5.74, 6) is 0.419. The molecule has 3 aromatic rings. The molecule has 31 heavy (non-hydrogen) atoms. The summed E-state index contributed by atoms with van der Waals surface area (Å²) in [4.78, 5) is 26.5. The van der Waals surface area contributed by atoms with Gasteiger partial charge in [-0.1, -0.05) is 72.8 Å². The minimum absolute atomic E-state index is 0.109. The van der Waals surface area contributed by atoms with Gasteiger partial charge in [-0.2, -0.15) is 0 Å². The Morgan fingerprint density at radius 1 is 0.935 bits per heavy atom. The van der Waals surface area contributed by atoms with Gasteiger partial charge in [0.25, 0.3) is 5.91 Å². The molecule has 0 aliphatic carbocycles. The van der Waals surface area contributed by atoms with Gasteiger partial charge in [0, 0.05) is 19.4 Å². The molecular weight excluding hydrogens is 388 g/mol. The zero-order valence-corrected chi connectivity index (χ0v) is 17.5. The third kappa shape index (κ3) is 4.77. The van der Waals surface area contributed by atoms with Crippen molar-refractivity contribution in [2.75, 3.05) is 18.0 Å². The van der Waals surface area contributed by atoms with E-state index in [0.29, 0.717) is 18.0 Å². The number of nitrogens with zero attached hydrogens (tertiary/aromatic N) is 1. The van der Waals surface area contributed by atoms with Crippen LogP contribution in [-0.2, 0) is 9.59 Å². The second-order valence-corrected chi connectivity index (χ2v) is 7.66. The summed E-state index contributed by atoms with van der Waals surface area (Å²) in [7, 11) is 0. The Kier molecular flexibility index (Phi) is 6.32. The molecule has 1 atom stereocenters. The number of anilines is 1. The number of hydrogen-bond donors (Lipinski definition) is 1. The van der Waals surface area contributed by atoms with Crippen molar-refractivity contribution >= 4 is 17.5 Å². The largest absolute Gasteiger partial charge is 0.477 e. The topological polar surface area (TPSA) is 58.6 Å². The molecule has 0 saturated heterocycles. The van der Waals surface area contributed by atoms with Crippen LogP contribution in [0.4, 0.5) is 5.69 Å². The molecular formula is C26H26N2O3. The fourth-order valence-electron chi connectivity index (χ4n) is 4.02. The molecule has 0 radical (unpaired) electrons. The molecule has 5 heteroatoms. The first-order chi connectivity index (χ1) is 15.1. The summed E-state index contributed by atoms with van der Waals surface area (Å²) in [6.45, 7) is 2.22. The average Bonchev–Trinajstić information content (AvgIpc) is 2.82. The van der Waals surface area contributed by atoms with Crippen LogP contribution < -0.4 is 15.0 Å². The predicted octanol–water partition coefficient (Wildman–Crippen LogP) is 4.14. The molecule has 2 amide bonds. The summed E-state index contributed by atoms with van der Waals surface area (Å²) >= 11 is 0. The lowest BCUT2D eigenvalue weighted by atomic mass is 9.88. The maximum atomic E-state index is 12.9. The minimum atomic E-state index is -0.731. The molecule has 1 heterocycles. The highest BCUT2D eigenvalue weighted by molar-refractivity contribution is 5.95. The van der Waals surface area contributed by atoms with Crippen molar-refractivity contribution in [1.82, 2.24) is 5.32 Å². The molecule has 1 aliphatic rings. The van der Waals surface area contributed by atoms with Gasteiger partial charge in [-0.25, -0.2) is 0 Å². The number of rotatable bonds is 6. The van der Waals surface area contributed by atoms with Crippen LogP contribution in [0.3, 0.4) is 0 Å². The molecule has 4 rings (SSSR count). The van der Waals surface area contributed by atoms with Gasteiger partial charge in [-0.15, -0.1) is 0 Å². The lowest BCUT2D eigenvalue weighted by molar-refractivity contribution is -0.128. The van der Waals surface area contributed by atoms with Gasteiger partial charge in [-0.3, -0.25) is 9.59 Å². The number of para-hydroxylation sites is 2. The molecule has 1 aliphatic heterocycles. The van der Waals surface area contributed by atoms with Crippen molar-refractivity contribution in [3.63, 3.8) is 0 Å². The highest BCUT2D eigenvalue weighted by Crippen LogP contribution is 2.33. The summed E-state index contributed by atoms with van der Waals surface area (Å²) in [5.41, 5.74) is 3.13. The Morgan fingerprint density at radius 2 is 1.52 bits per heavy atom. The van der Waals surface area contributed by atoms with Crippen LogP contribution in [0.15, 0.2) is 84.9 Å². The number of fused-ring (bicyclic) bond motifs is 1. The smallest absolute Gasteiger partial charge is 0.262 e. The van der Waals surface area contributed by atoms with Crippen molar-refractivity contribution in [2.24, 2.45) is 0 Å². The normalized spacial score (nSPS) is 15.2. The third-order valence-corrected chi connectivity index (χ3v) is 5.58. The predicted molar refractivity (Wildman–Crippen MR) is 121 cm³/mol. The first-order valence-corrected chi connectivity index (χ1v) is 10.5. The lowest BCUT2D eigenvalue weighted by Crippen LogP contribution is -2.50. The van der Waals surface area contributed by atoms with E-state index in [1.165, 1.54) is 18.1 Å². The van der Waals surface area contributed by atoms with Crippen molar-refractivity contribution in [1.29, 1.82) is 0 Å². The average molecular weight is 415 g/mol. The van der Waals surface area contributed by atoms with E-state index in [0.717, 1.165) is 6.42 Å². The number of nitrogens with one attached hydrogen (secondary N) is 1. The summed E-state index contributed by atoms with van der Waals surface area (Å²) < 4.78 is 5.90.